The van der Waals surface area contributed by atoms with Crippen molar-refractivity contribution in [3.63, 3.8) is 0 Å². The minimum atomic E-state index is 0.0208. The van der Waals surface area contributed by atoms with Crippen molar-refractivity contribution in [3.8, 4) is 17.1 Å². The second-order valence-corrected chi connectivity index (χ2v) is 11.0. The summed E-state index contributed by atoms with van der Waals surface area (Å²) in [5, 5.41) is 0. The van der Waals surface area contributed by atoms with Gasteiger partial charge in [0.1, 0.15) is 5.82 Å². The van der Waals surface area contributed by atoms with Crippen LogP contribution in [-0.2, 0) is 5.41 Å². The van der Waals surface area contributed by atoms with E-state index in [1.807, 2.05) is 0 Å². The molecule has 0 N–H and O–H groups in total. The lowest BCUT2D eigenvalue weighted by atomic mass is 9.79. The standard InChI is InChI=1S/C31H36N2/c1-21(2)25-19-24(22-13-9-10-14-22)20-26(31(3,4)5)29(25)33-28-18-12-11-17-27(28)32-30(33)23-15-7-6-8-16-23/h6-8,11-12,15-22H,9-10,13-14H2,1-5H3. The minimum absolute atomic E-state index is 0.0208. The zero-order valence-corrected chi connectivity index (χ0v) is 20.7. The van der Waals surface area contributed by atoms with Crippen molar-refractivity contribution in [3.05, 3.63) is 83.4 Å². The molecule has 2 nitrogen and oxygen atoms in total. The smallest absolute Gasteiger partial charge is 0.145 e. The summed E-state index contributed by atoms with van der Waals surface area (Å²) in [4.78, 5) is 5.15. The van der Waals surface area contributed by atoms with Crippen molar-refractivity contribution in [2.75, 3.05) is 0 Å². The number of rotatable bonds is 4. The van der Waals surface area contributed by atoms with Crippen LogP contribution < -0.4 is 0 Å². The van der Waals surface area contributed by atoms with E-state index in [0.717, 1.165) is 16.9 Å². The van der Waals surface area contributed by atoms with Gasteiger partial charge < -0.3 is 0 Å². The molecule has 3 aromatic carbocycles. The summed E-state index contributed by atoms with van der Waals surface area (Å²) < 4.78 is 2.44. The van der Waals surface area contributed by atoms with E-state index in [0.29, 0.717) is 11.8 Å². The number of imidazole rings is 1. The van der Waals surface area contributed by atoms with Gasteiger partial charge in [0, 0.05) is 5.56 Å². The van der Waals surface area contributed by atoms with Crippen molar-refractivity contribution in [1.29, 1.82) is 0 Å². The average Bonchev–Trinajstić information content (AvgIpc) is 3.46. The Labute approximate surface area is 198 Å². The van der Waals surface area contributed by atoms with Crippen LogP contribution in [0, 0.1) is 0 Å². The number of fused-ring (bicyclic) bond motifs is 1. The van der Waals surface area contributed by atoms with Crippen molar-refractivity contribution >= 4 is 11.0 Å². The first-order chi connectivity index (χ1) is 15.8. The lowest BCUT2D eigenvalue weighted by Crippen LogP contribution is -2.19. The average molecular weight is 437 g/mol. The number of benzene rings is 3. The second-order valence-electron chi connectivity index (χ2n) is 11.0. The van der Waals surface area contributed by atoms with Crippen LogP contribution in [0.5, 0.6) is 0 Å². The summed E-state index contributed by atoms with van der Waals surface area (Å²) in [6.45, 7) is 11.7. The molecule has 0 radical (unpaired) electrons. The summed E-state index contributed by atoms with van der Waals surface area (Å²) >= 11 is 0. The van der Waals surface area contributed by atoms with E-state index in [9.17, 15) is 0 Å². The molecule has 1 aromatic heterocycles. The number of aromatic nitrogens is 2. The van der Waals surface area contributed by atoms with Gasteiger partial charge in [-0.3, -0.25) is 4.57 Å². The molecule has 1 saturated carbocycles. The highest BCUT2D eigenvalue weighted by molar-refractivity contribution is 5.84. The van der Waals surface area contributed by atoms with Gasteiger partial charge >= 0.3 is 0 Å². The fourth-order valence-corrected chi connectivity index (χ4v) is 5.47. The van der Waals surface area contributed by atoms with Crippen LogP contribution in [-0.4, -0.2) is 9.55 Å². The molecular weight excluding hydrogens is 400 g/mol. The minimum Gasteiger partial charge on any atom is -0.292 e. The van der Waals surface area contributed by atoms with Gasteiger partial charge in [-0.25, -0.2) is 4.98 Å². The van der Waals surface area contributed by atoms with Crippen LogP contribution in [0.25, 0.3) is 28.1 Å². The molecule has 33 heavy (non-hydrogen) atoms. The molecule has 5 rings (SSSR count). The van der Waals surface area contributed by atoms with Gasteiger partial charge in [0.05, 0.1) is 16.7 Å². The fourth-order valence-electron chi connectivity index (χ4n) is 5.47. The highest BCUT2D eigenvalue weighted by Crippen LogP contribution is 2.43. The van der Waals surface area contributed by atoms with Crippen LogP contribution in [0.1, 0.15) is 88.8 Å². The van der Waals surface area contributed by atoms with Gasteiger partial charge in [-0.05, 0) is 58.9 Å². The number of hydrogen-bond donors (Lipinski definition) is 0. The topological polar surface area (TPSA) is 17.8 Å². The van der Waals surface area contributed by atoms with E-state index in [1.54, 1.807) is 0 Å². The molecular formula is C31H36N2. The molecule has 0 saturated heterocycles. The van der Waals surface area contributed by atoms with E-state index >= 15 is 0 Å². The third-order valence-corrected chi connectivity index (χ3v) is 7.23. The first-order valence-corrected chi connectivity index (χ1v) is 12.6. The summed E-state index contributed by atoms with van der Waals surface area (Å²) in [6, 6.07) is 24.3. The molecule has 0 unspecified atom stereocenters. The highest BCUT2D eigenvalue weighted by Gasteiger charge is 2.29. The van der Waals surface area contributed by atoms with Gasteiger partial charge in [-0.15, -0.1) is 0 Å². The molecule has 1 heterocycles. The van der Waals surface area contributed by atoms with Gasteiger partial charge in [-0.1, -0.05) is 102 Å². The highest BCUT2D eigenvalue weighted by atomic mass is 15.1. The molecule has 0 bridgehead atoms. The van der Waals surface area contributed by atoms with E-state index in [1.165, 1.54) is 53.6 Å². The van der Waals surface area contributed by atoms with E-state index in [-0.39, 0.29) is 5.41 Å². The summed E-state index contributed by atoms with van der Waals surface area (Å²) in [7, 11) is 0. The van der Waals surface area contributed by atoms with Crippen molar-refractivity contribution < 1.29 is 0 Å². The molecule has 1 aliphatic carbocycles. The normalized spacial score (nSPS) is 15.1. The third kappa shape index (κ3) is 4.01. The SMILES string of the molecule is CC(C)c1cc(C2CCCC2)cc(C(C)(C)C)c1-n1c(-c2ccccc2)nc2ccccc21. The molecule has 2 heteroatoms. The molecule has 1 aliphatic rings. The first-order valence-electron chi connectivity index (χ1n) is 12.6. The molecule has 170 valence electrons. The summed E-state index contributed by atoms with van der Waals surface area (Å²) in [5.41, 5.74) is 9.13. The Balaban J connectivity index is 1.88. The lowest BCUT2D eigenvalue weighted by Gasteiger charge is -2.30. The molecule has 1 fully saturated rings. The first kappa shape index (κ1) is 21.9. The lowest BCUT2D eigenvalue weighted by molar-refractivity contribution is 0.581. The van der Waals surface area contributed by atoms with Crippen LogP contribution in [0.3, 0.4) is 0 Å². The Kier molecular flexibility index (Phi) is 5.64. The Morgan fingerprint density at radius 2 is 1.55 bits per heavy atom. The maximum absolute atomic E-state index is 5.15. The predicted molar refractivity (Wildman–Crippen MR) is 141 cm³/mol. The van der Waals surface area contributed by atoms with Crippen molar-refractivity contribution in [1.82, 2.24) is 9.55 Å². The maximum atomic E-state index is 5.15. The number of hydrogen-bond acceptors (Lipinski definition) is 1. The molecule has 4 aromatic rings. The number of para-hydroxylation sites is 2. The van der Waals surface area contributed by atoms with Crippen LogP contribution in [0.4, 0.5) is 0 Å². The largest absolute Gasteiger partial charge is 0.292 e. The molecule has 0 aliphatic heterocycles. The Bertz CT molecular complexity index is 1270. The van der Waals surface area contributed by atoms with Gasteiger partial charge in [0.25, 0.3) is 0 Å². The molecule has 0 amide bonds. The Hall–Kier alpha value is -2.87. The predicted octanol–water partition coefficient (Wildman–Crippen LogP) is 8.77. The third-order valence-electron chi connectivity index (χ3n) is 7.23. The Morgan fingerprint density at radius 1 is 0.879 bits per heavy atom. The summed E-state index contributed by atoms with van der Waals surface area (Å²) in [6.07, 6.45) is 5.37. The van der Waals surface area contributed by atoms with Gasteiger partial charge in [0.15, 0.2) is 0 Å². The van der Waals surface area contributed by atoms with Gasteiger partial charge in [0.2, 0.25) is 0 Å². The monoisotopic (exact) mass is 436 g/mol. The fraction of sp³-hybridized carbons (Fsp3) is 0.387. The quantitative estimate of drug-likeness (QED) is 0.312. The Morgan fingerprint density at radius 3 is 2.21 bits per heavy atom. The molecule has 0 spiro atoms. The zero-order valence-electron chi connectivity index (χ0n) is 20.7. The van der Waals surface area contributed by atoms with E-state index in [4.69, 9.17) is 4.98 Å². The van der Waals surface area contributed by atoms with Crippen LogP contribution in [0.15, 0.2) is 66.7 Å². The van der Waals surface area contributed by atoms with E-state index in [2.05, 4.69) is 106 Å². The van der Waals surface area contributed by atoms with Crippen LogP contribution >= 0.6 is 0 Å². The zero-order chi connectivity index (χ0) is 23.2. The summed E-state index contributed by atoms with van der Waals surface area (Å²) in [5.74, 6) is 2.15. The second kappa shape index (κ2) is 8.48. The van der Waals surface area contributed by atoms with Crippen molar-refractivity contribution in [2.24, 2.45) is 0 Å². The van der Waals surface area contributed by atoms with Gasteiger partial charge in [-0.2, -0.15) is 0 Å². The number of nitrogens with zero attached hydrogens (tertiary/aromatic N) is 2. The maximum Gasteiger partial charge on any atom is 0.145 e. The van der Waals surface area contributed by atoms with Crippen molar-refractivity contribution in [2.45, 2.75) is 77.6 Å². The van der Waals surface area contributed by atoms with E-state index < -0.39 is 0 Å². The molecule has 0 atom stereocenters. The van der Waals surface area contributed by atoms with Crippen LogP contribution in [0.2, 0.25) is 0 Å².